The SMILES string of the molecule is CC=CCCOC(=O)C(F)(F)F. The number of halogens is 3. The summed E-state index contributed by atoms with van der Waals surface area (Å²) in [5.74, 6) is -2.13. The molecule has 0 aromatic heterocycles. The number of rotatable bonds is 3. The molecule has 0 aliphatic carbocycles. The lowest BCUT2D eigenvalue weighted by Crippen LogP contribution is -2.25. The Hall–Kier alpha value is -1.00. The van der Waals surface area contributed by atoms with Gasteiger partial charge in [0.15, 0.2) is 0 Å². The number of carbonyl (C=O) groups is 1. The molecule has 2 nitrogen and oxygen atoms in total. The van der Waals surface area contributed by atoms with E-state index in [0.29, 0.717) is 6.42 Å². The maximum atomic E-state index is 11.5. The quantitative estimate of drug-likeness (QED) is 0.379. The van der Waals surface area contributed by atoms with Crippen molar-refractivity contribution in [2.24, 2.45) is 0 Å². The molecule has 0 atom stereocenters. The van der Waals surface area contributed by atoms with Crippen LogP contribution >= 0.6 is 0 Å². The molecule has 0 bridgehead atoms. The van der Waals surface area contributed by atoms with Gasteiger partial charge in [0.25, 0.3) is 0 Å². The van der Waals surface area contributed by atoms with Gasteiger partial charge in [-0.3, -0.25) is 0 Å². The van der Waals surface area contributed by atoms with Crippen molar-refractivity contribution in [1.82, 2.24) is 0 Å². The van der Waals surface area contributed by atoms with Crippen molar-refractivity contribution in [2.45, 2.75) is 19.5 Å². The summed E-state index contributed by atoms with van der Waals surface area (Å²) in [6, 6.07) is 0. The molecule has 0 fully saturated rings. The molecule has 12 heavy (non-hydrogen) atoms. The molecule has 0 unspecified atom stereocenters. The Labute approximate surface area is 68.0 Å². The molecule has 0 spiro atoms. The van der Waals surface area contributed by atoms with E-state index in [2.05, 4.69) is 4.74 Å². The van der Waals surface area contributed by atoms with Gasteiger partial charge in [0.1, 0.15) is 0 Å². The Morgan fingerprint density at radius 3 is 2.50 bits per heavy atom. The van der Waals surface area contributed by atoms with Gasteiger partial charge in [0.05, 0.1) is 6.61 Å². The maximum absolute atomic E-state index is 11.5. The fraction of sp³-hybridized carbons (Fsp3) is 0.571. The van der Waals surface area contributed by atoms with Crippen LogP contribution in [0, 0.1) is 0 Å². The molecule has 0 saturated carbocycles. The van der Waals surface area contributed by atoms with Crippen molar-refractivity contribution in [3.63, 3.8) is 0 Å². The topological polar surface area (TPSA) is 26.3 Å². The van der Waals surface area contributed by atoms with E-state index in [1.807, 2.05) is 0 Å². The van der Waals surface area contributed by atoms with Crippen LogP contribution in [0.15, 0.2) is 12.2 Å². The first-order valence-electron chi connectivity index (χ1n) is 3.33. The average Bonchev–Trinajstić information content (AvgIpc) is 1.96. The van der Waals surface area contributed by atoms with Crippen molar-refractivity contribution < 1.29 is 22.7 Å². The van der Waals surface area contributed by atoms with Crippen molar-refractivity contribution in [3.8, 4) is 0 Å². The van der Waals surface area contributed by atoms with Gasteiger partial charge in [-0.25, -0.2) is 4.79 Å². The van der Waals surface area contributed by atoms with Gasteiger partial charge in [-0.1, -0.05) is 12.2 Å². The molecule has 0 aromatic rings. The third kappa shape index (κ3) is 4.76. The highest BCUT2D eigenvalue weighted by Gasteiger charge is 2.40. The van der Waals surface area contributed by atoms with Crippen molar-refractivity contribution in [1.29, 1.82) is 0 Å². The van der Waals surface area contributed by atoms with E-state index in [9.17, 15) is 18.0 Å². The summed E-state index contributed by atoms with van der Waals surface area (Å²) in [6.07, 6.45) is -1.29. The molecule has 0 aromatic carbocycles. The van der Waals surface area contributed by atoms with Gasteiger partial charge in [0.2, 0.25) is 0 Å². The van der Waals surface area contributed by atoms with E-state index < -0.39 is 12.1 Å². The molecule has 0 saturated heterocycles. The van der Waals surface area contributed by atoms with E-state index in [1.165, 1.54) is 0 Å². The lowest BCUT2D eigenvalue weighted by Gasteiger charge is -2.04. The first-order chi connectivity index (χ1) is 5.48. The van der Waals surface area contributed by atoms with Crippen LogP contribution in [-0.2, 0) is 9.53 Å². The number of hydrogen-bond acceptors (Lipinski definition) is 2. The van der Waals surface area contributed by atoms with Gasteiger partial charge in [-0.2, -0.15) is 13.2 Å². The maximum Gasteiger partial charge on any atom is 0.490 e. The van der Waals surface area contributed by atoms with Crippen molar-refractivity contribution in [3.05, 3.63) is 12.2 Å². The number of hydrogen-bond donors (Lipinski definition) is 0. The van der Waals surface area contributed by atoms with Crippen LogP contribution in [0.4, 0.5) is 13.2 Å². The predicted octanol–water partition coefficient (Wildman–Crippen LogP) is 2.06. The summed E-state index contributed by atoms with van der Waals surface area (Å²) in [5.41, 5.74) is 0. The van der Waals surface area contributed by atoms with E-state index in [4.69, 9.17) is 0 Å². The lowest BCUT2D eigenvalue weighted by molar-refractivity contribution is -0.199. The van der Waals surface area contributed by atoms with Gasteiger partial charge in [-0.05, 0) is 13.3 Å². The second-order valence-electron chi connectivity index (χ2n) is 1.99. The number of esters is 1. The zero-order valence-electron chi connectivity index (χ0n) is 6.52. The Morgan fingerprint density at radius 1 is 1.50 bits per heavy atom. The highest BCUT2D eigenvalue weighted by Crippen LogP contribution is 2.16. The summed E-state index contributed by atoms with van der Waals surface area (Å²) in [6.45, 7) is 1.49. The van der Waals surface area contributed by atoms with E-state index in [0.717, 1.165) is 0 Å². The third-order valence-corrected chi connectivity index (χ3v) is 0.985. The molecule has 0 aliphatic rings. The van der Waals surface area contributed by atoms with Gasteiger partial charge < -0.3 is 4.74 Å². The Bertz CT molecular complexity index is 172. The molecular formula is C7H9F3O2. The predicted molar refractivity (Wildman–Crippen MR) is 36.4 cm³/mol. The minimum Gasteiger partial charge on any atom is -0.459 e. The van der Waals surface area contributed by atoms with Crippen LogP contribution in [0.3, 0.4) is 0 Å². The molecule has 0 rings (SSSR count). The van der Waals surface area contributed by atoms with E-state index in [-0.39, 0.29) is 6.61 Å². The molecular weight excluding hydrogens is 173 g/mol. The molecule has 70 valence electrons. The summed E-state index contributed by atoms with van der Waals surface area (Å²) < 4.78 is 38.3. The Balaban J connectivity index is 3.59. The number of allylic oxidation sites excluding steroid dienone is 1. The normalized spacial score (nSPS) is 12.0. The third-order valence-electron chi connectivity index (χ3n) is 0.985. The smallest absolute Gasteiger partial charge is 0.459 e. The molecule has 0 radical (unpaired) electrons. The Morgan fingerprint density at radius 2 is 2.08 bits per heavy atom. The molecule has 0 N–H and O–H groups in total. The second kappa shape index (κ2) is 4.79. The monoisotopic (exact) mass is 182 g/mol. The van der Waals surface area contributed by atoms with Gasteiger partial charge >= 0.3 is 12.1 Å². The number of carbonyl (C=O) groups excluding carboxylic acids is 1. The highest BCUT2D eigenvalue weighted by molar-refractivity contribution is 5.75. The van der Waals surface area contributed by atoms with Crippen molar-refractivity contribution >= 4 is 5.97 Å². The minimum atomic E-state index is -4.88. The first-order valence-corrected chi connectivity index (χ1v) is 3.33. The molecule has 0 amide bonds. The van der Waals surface area contributed by atoms with E-state index in [1.54, 1.807) is 19.1 Å². The van der Waals surface area contributed by atoms with Crippen molar-refractivity contribution in [2.75, 3.05) is 6.61 Å². The zero-order chi connectivity index (χ0) is 9.61. The van der Waals surface area contributed by atoms with E-state index >= 15 is 0 Å². The van der Waals surface area contributed by atoms with Gasteiger partial charge in [0, 0.05) is 0 Å². The number of alkyl halides is 3. The second-order valence-corrected chi connectivity index (χ2v) is 1.99. The minimum absolute atomic E-state index is 0.233. The summed E-state index contributed by atoms with van der Waals surface area (Å²) >= 11 is 0. The molecule has 0 heterocycles. The standard InChI is InChI=1S/C7H9F3O2/c1-2-3-4-5-12-6(11)7(8,9)10/h2-3H,4-5H2,1H3. The molecule has 0 aliphatic heterocycles. The highest BCUT2D eigenvalue weighted by atomic mass is 19.4. The van der Waals surface area contributed by atoms with Crippen LogP contribution in [0.25, 0.3) is 0 Å². The van der Waals surface area contributed by atoms with Crippen LogP contribution in [0.5, 0.6) is 0 Å². The average molecular weight is 182 g/mol. The van der Waals surface area contributed by atoms with Crippen LogP contribution in [-0.4, -0.2) is 18.8 Å². The summed E-state index contributed by atoms with van der Waals surface area (Å²) in [4.78, 5) is 10.1. The number of ether oxygens (including phenoxy) is 1. The van der Waals surface area contributed by atoms with Crippen LogP contribution < -0.4 is 0 Å². The zero-order valence-corrected chi connectivity index (χ0v) is 6.52. The lowest BCUT2D eigenvalue weighted by atomic mass is 10.4. The van der Waals surface area contributed by atoms with Crippen LogP contribution in [0.2, 0.25) is 0 Å². The summed E-state index contributed by atoms with van der Waals surface area (Å²) in [7, 11) is 0. The summed E-state index contributed by atoms with van der Waals surface area (Å²) in [5, 5.41) is 0. The fourth-order valence-electron chi connectivity index (χ4n) is 0.468. The Kier molecular flexibility index (Phi) is 4.39. The van der Waals surface area contributed by atoms with Crippen LogP contribution in [0.1, 0.15) is 13.3 Å². The largest absolute Gasteiger partial charge is 0.490 e. The fourth-order valence-corrected chi connectivity index (χ4v) is 0.468. The molecule has 5 heteroatoms. The first kappa shape index (κ1) is 11.0. The van der Waals surface area contributed by atoms with Gasteiger partial charge in [-0.15, -0.1) is 0 Å².